The Morgan fingerprint density at radius 2 is 1.75 bits per heavy atom. The largest absolute Gasteiger partial charge is 0.411 e. The maximum Gasteiger partial charge on any atom is 0.255 e. The van der Waals surface area contributed by atoms with Crippen molar-refractivity contribution >= 4 is 17.3 Å². The van der Waals surface area contributed by atoms with Gasteiger partial charge in [-0.15, -0.1) is 0 Å². The SMILES string of the molecule is C/C(=N\O)c1ccc(NC(=O)c2ccccc2C)cc1. The van der Waals surface area contributed by atoms with E-state index in [9.17, 15) is 4.79 Å². The summed E-state index contributed by atoms with van der Waals surface area (Å²) in [5.74, 6) is -0.136. The topological polar surface area (TPSA) is 61.7 Å². The Labute approximate surface area is 117 Å². The van der Waals surface area contributed by atoms with Crippen molar-refractivity contribution in [2.24, 2.45) is 5.16 Å². The molecule has 0 aliphatic heterocycles. The smallest absolute Gasteiger partial charge is 0.255 e. The highest BCUT2D eigenvalue weighted by Gasteiger charge is 2.08. The van der Waals surface area contributed by atoms with Gasteiger partial charge in [0.15, 0.2) is 0 Å². The van der Waals surface area contributed by atoms with Crippen molar-refractivity contribution in [3.05, 3.63) is 65.2 Å². The van der Waals surface area contributed by atoms with Gasteiger partial charge in [-0.3, -0.25) is 4.79 Å². The van der Waals surface area contributed by atoms with E-state index in [1.807, 2.05) is 25.1 Å². The molecule has 2 aromatic carbocycles. The highest BCUT2D eigenvalue weighted by atomic mass is 16.4. The lowest BCUT2D eigenvalue weighted by molar-refractivity contribution is 0.102. The van der Waals surface area contributed by atoms with E-state index in [1.165, 1.54) is 0 Å². The fourth-order valence-corrected chi connectivity index (χ4v) is 1.88. The average molecular weight is 268 g/mol. The van der Waals surface area contributed by atoms with Crippen LogP contribution in [0.15, 0.2) is 53.7 Å². The first-order valence-electron chi connectivity index (χ1n) is 6.28. The van der Waals surface area contributed by atoms with Gasteiger partial charge in [-0.1, -0.05) is 35.5 Å². The van der Waals surface area contributed by atoms with Crippen molar-refractivity contribution < 1.29 is 10.0 Å². The molecular formula is C16H16N2O2. The molecule has 102 valence electrons. The van der Waals surface area contributed by atoms with Crippen LogP contribution in [-0.4, -0.2) is 16.8 Å². The molecule has 0 atom stereocenters. The normalized spacial score (nSPS) is 11.2. The van der Waals surface area contributed by atoms with Crippen LogP contribution >= 0.6 is 0 Å². The van der Waals surface area contributed by atoms with Crippen LogP contribution in [0.5, 0.6) is 0 Å². The summed E-state index contributed by atoms with van der Waals surface area (Å²) in [4.78, 5) is 12.1. The third-order valence-electron chi connectivity index (χ3n) is 3.10. The number of benzene rings is 2. The predicted octanol–water partition coefficient (Wildman–Crippen LogP) is 3.45. The summed E-state index contributed by atoms with van der Waals surface area (Å²) >= 11 is 0. The molecule has 2 aromatic rings. The van der Waals surface area contributed by atoms with Crippen LogP contribution in [0.4, 0.5) is 5.69 Å². The number of oxime groups is 1. The first kappa shape index (κ1) is 13.8. The number of carbonyl (C=O) groups is 1. The molecule has 0 aliphatic rings. The third-order valence-corrected chi connectivity index (χ3v) is 3.10. The monoisotopic (exact) mass is 268 g/mol. The summed E-state index contributed by atoms with van der Waals surface area (Å²) in [5.41, 5.74) is 3.63. The van der Waals surface area contributed by atoms with Crippen LogP contribution < -0.4 is 5.32 Å². The minimum atomic E-state index is -0.136. The summed E-state index contributed by atoms with van der Waals surface area (Å²) < 4.78 is 0. The minimum Gasteiger partial charge on any atom is -0.411 e. The van der Waals surface area contributed by atoms with E-state index in [1.54, 1.807) is 37.3 Å². The Hall–Kier alpha value is -2.62. The zero-order chi connectivity index (χ0) is 14.5. The number of nitrogens with zero attached hydrogens (tertiary/aromatic N) is 1. The van der Waals surface area contributed by atoms with Gasteiger partial charge in [0.2, 0.25) is 0 Å². The number of hydrogen-bond acceptors (Lipinski definition) is 3. The fourth-order valence-electron chi connectivity index (χ4n) is 1.88. The van der Waals surface area contributed by atoms with E-state index in [4.69, 9.17) is 5.21 Å². The number of nitrogens with one attached hydrogen (secondary N) is 1. The molecule has 2 rings (SSSR count). The molecule has 0 unspecified atom stereocenters. The van der Waals surface area contributed by atoms with E-state index in [2.05, 4.69) is 10.5 Å². The van der Waals surface area contributed by atoms with Gasteiger partial charge < -0.3 is 10.5 Å². The third kappa shape index (κ3) is 3.03. The fraction of sp³-hybridized carbons (Fsp3) is 0.125. The molecule has 0 heterocycles. The quantitative estimate of drug-likeness (QED) is 0.509. The van der Waals surface area contributed by atoms with Gasteiger partial charge in [-0.05, 0) is 43.2 Å². The Balaban J connectivity index is 2.15. The number of rotatable bonds is 3. The van der Waals surface area contributed by atoms with E-state index in [0.717, 1.165) is 11.1 Å². The zero-order valence-corrected chi connectivity index (χ0v) is 11.4. The molecule has 1 amide bonds. The Kier molecular flexibility index (Phi) is 4.15. The van der Waals surface area contributed by atoms with Crippen LogP contribution in [0.3, 0.4) is 0 Å². The lowest BCUT2D eigenvalue weighted by Gasteiger charge is -2.08. The van der Waals surface area contributed by atoms with Gasteiger partial charge in [0.05, 0.1) is 5.71 Å². The highest BCUT2D eigenvalue weighted by molar-refractivity contribution is 6.05. The number of anilines is 1. The van der Waals surface area contributed by atoms with Crippen LogP contribution in [0, 0.1) is 6.92 Å². The molecule has 20 heavy (non-hydrogen) atoms. The maximum absolute atomic E-state index is 12.1. The van der Waals surface area contributed by atoms with Crippen molar-refractivity contribution in [1.82, 2.24) is 0 Å². The number of amides is 1. The summed E-state index contributed by atoms with van der Waals surface area (Å²) in [7, 11) is 0. The predicted molar refractivity (Wildman–Crippen MR) is 79.6 cm³/mol. The van der Waals surface area contributed by atoms with Crippen LogP contribution in [0.25, 0.3) is 0 Å². The van der Waals surface area contributed by atoms with Crippen molar-refractivity contribution in [3.8, 4) is 0 Å². The van der Waals surface area contributed by atoms with Crippen LogP contribution in [0.2, 0.25) is 0 Å². The van der Waals surface area contributed by atoms with Crippen molar-refractivity contribution in [1.29, 1.82) is 0 Å². The lowest BCUT2D eigenvalue weighted by Crippen LogP contribution is -2.13. The average Bonchev–Trinajstić information content (AvgIpc) is 2.47. The van der Waals surface area contributed by atoms with Gasteiger partial charge in [-0.25, -0.2) is 0 Å². The Morgan fingerprint density at radius 3 is 2.35 bits per heavy atom. The molecule has 0 fully saturated rings. The molecule has 4 heteroatoms. The number of carbonyl (C=O) groups excluding carboxylic acids is 1. The lowest BCUT2D eigenvalue weighted by atomic mass is 10.1. The molecule has 0 radical (unpaired) electrons. The molecule has 4 nitrogen and oxygen atoms in total. The maximum atomic E-state index is 12.1. The van der Waals surface area contributed by atoms with E-state index < -0.39 is 0 Å². The first-order chi connectivity index (χ1) is 9.61. The van der Waals surface area contributed by atoms with E-state index in [-0.39, 0.29) is 5.91 Å². The van der Waals surface area contributed by atoms with Gasteiger partial charge >= 0.3 is 0 Å². The Morgan fingerprint density at radius 1 is 1.10 bits per heavy atom. The summed E-state index contributed by atoms with van der Waals surface area (Å²) in [6.45, 7) is 3.61. The highest BCUT2D eigenvalue weighted by Crippen LogP contribution is 2.14. The van der Waals surface area contributed by atoms with E-state index in [0.29, 0.717) is 17.0 Å². The molecule has 0 aromatic heterocycles. The van der Waals surface area contributed by atoms with Gasteiger partial charge in [0.25, 0.3) is 5.91 Å². The second kappa shape index (κ2) is 6.02. The zero-order valence-electron chi connectivity index (χ0n) is 11.4. The van der Waals surface area contributed by atoms with Gasteiger partial charge in [-0.2, -0.15) is 0 Å². The van der Waals surface area contributed by atoms with Gasteiger partial charge in [0.1, 0.15) is 0 Å². The molecule has 0 spiro atoms. The van der Waals surface area contributed by atoms with Crippen LogP contribution in [0.1, 0.15) is 28.4 Å². The number of aryl methyl sites for hydroxylation is 1. The second-order valence-corrected chi connectivity index (χ2v) is 4.53. The first-order valence-corrected chi connectivity index (χ1v) is 6.28. The molecule has 0 aliphatic carbocycles. The number of hydrogen-bond donors (Lipinski definition) is 2. The van der Waals surface area contributed by atoms with Crippen molar-refractivity contribution in [2.45, 2.75) is 13.8 Å². The molecule has 0 saturated carbocycles. The second-order valence-electron chi connectivity index (χ2n) is 4.53. The minimum absolute atomic E-state index is 0.136. The van der Waals surface area contributed by atoms with Crippen molar-refractivity contribution in [3.63, 3.8) is 0 Å². The summed E-state index contributed by atoms with van der Waals surface area (Å²) in [6, 6.07) is 14.6. The molecular weight excluding hydrogens is 252 g/mol. The summed E-state index contributed by atoms with van der Waals surface area (Å²) in [5, 5.41) is 14.7. The van der Waals surface area contributed by atoms with Gasteiger partial charge in [0, 0.05) is 11.3 Å². The summed E-state index contributed by atoms with van der Waals surface area (Å²) in [6.07, 6.45) is 0. The molecule has 0 bridgehead atoms. The van der Waals surface area contributed by atoms with Crippen molar-refractivity contribution in [2.75, 3.05) is 5.32 Å². The molecule has 0 saturated heterocycles. The van der Waals surface area contributed by atoms with E-state index >= 15 is 0 Å². The Bertz CT molecular complexity index is 646. The standard InChI is InChI=1S/C16H16N2O2/c1-11-5-3-4-6-15(11)16(19)17-14-9-7-13(8-10-14)12(2)18-20/h3-10,20H,1-2H3,(H,17,19)/b18-12+. The molecule has 2 N–H and O–H groups in total. The van der Waals surface area contributed by atoms with Crippen LogP contribution in [-0.2, 0) is 0 Å².